The molecule has 1 atom stereocenters. The Bertz CT molecular complexity index is 492. The highest BCUT2D eigenvalue weighted by atomic mass is 14.8. The van der Waals surface area contributed by atoms with Crippen molar-refractivity contribution in [3.05, 3.63) is 36.0 Å². The summed E-state index contributed by atoms with van der Waals surface area (Å²) in [6.07, 6.45) is 23.2. The molecule has 4 aliphatic carbocycles. The minimum atomic E-state index is 0.154. The number of aliphatic imine (C=N–C) groups is 1. The third-order valence-electron chi connectivity index (χ3n) is 5.72. The van der Waals surface area contributed by atoms with E-state index in [0.717, 1.165) is 6.54 Å². The van der Waals surface area contributed by atoms with Crippen molar-refractivity contribution in [2.24, 2.45) is 22.2 Å². The Balaban J connectivity index is 1.77. The van der Waals surface area contributed by atoms with Crippen molar-refractivity contribution in [2.45, 2.75) is 51.4 Å². The van der Waals surface area contributed by atoms with Crippen LogP contribution < -0.4 is 0 Å². The van der Waals surface area contributed by atoms with Gasteiger partial charge in [-0.05, 0) is 38.0 Å². The van der Waals surface area contributed by atoms with Gasteiger partial charge in [0.1, 0.15) is 0 Å². The Morgan fingerprint density at radius 1 is 1.00 bits per heavy atom. The summed E-state index contributed by atoms with van der Waals surface area (Å²) in [6.45, 7) is 1.05. The van der Waals surface area contributed by atoms with Crippen LogP contribution in [0.15, 0.2) is 40.9 Å². The zero-order chi connectivity index (χ0) is 13.4. The van der Waals surface area contributed by atoms with Crippen molar-refractivity contribution < 1.29 is 0 Å². The second-order valence-electron chi connectivity index (χ2n) is 6.86. The molecule has 106 valence electrons. The minimum Gasteiger partial charge on any atom is -0.293 e. The molecule has 20 heavy (non-hydrogen) atoms. The topological polar surface area (TPSA) is 12.4 Å². The lowest BCUT2D eigenvalue weighted by atomic mass is 9.57. The van der Waals surface area contributed by atoms with Crippen LogP contribution in [-0.4, -0.2) is 12.3 Å². The molecule has 5 aliphatic rings. The van der Waals surface area contributed by atoms with E-state index in [2.05, 4.69) is 30.4 Å². The lowest BCUT2D eigenvalue weighted by Crippen LogP contribution is -2.42. The summed E-state index contributed by atoms with van der Waals surface area (Å²) in [5, 5.41) is 0. The van der Waals surface area contributed by atoms with Crippen LogP contribution in [0.1, 0.15) is 51.4 Å². The lowest BCUT2D eigenvalue weighted by molar-refractivity contribution is 0.355. The quantitative estimate of drug-likeness (QED) is 0.602. The molecule has 1 unspecified atom stereocenters. The van der Waals surface area contributed by atoms with Gasteiger partial charge in [0.05, 0.1) is 5.41 Å². The average Bonchev–Trinajstić information content (AvgIpc) is 3.06. The highest BCUT2D eigenvalue weighted by Gasteiger charge is 2.47. The van der Waals surface area contributed by atoms with Gasteiger partial charge in [0, 0.05) is 18.2 Å². The van der Waals surface area contributed by atoms with Crippen LogP contribution in [0.3, 0.4) is 0 Å². The van der Waals surface area contributed by atoms with Crippen LogP contribution in [0.2, 0.25) is 0 Å². The molecule has 1 heterocycles. The van der Waals surface area contributed by atoms with Gasteiger partial charge in [-0.25, -0.2) is 0 Å². The maximum Gasteiger partial charge on any atom is 0.0507 e. The Hall–Kier alpha value is -1.11. The van der Waals surface area contributed by atoms with Gasteiger partial charge in [-0.3, -0.25) is 4.99 Å². The molecule has 0 saturated heterocycles. The first-order valence-electron chi connectivity index (χ1n) is 8.53. The van der Waals surface area contributed by atoms with Gasteiger partial charge < -0.3 is 0 Å². The first kappa shape index (κ1) is 12.6. The fourth-order valence-electron chi connectivity index (χ4n) is 4.69. The average molecular weight is 267 g/mol. The number of nitrogens with zero attached hydrogens (tertiary/aromatic N) is 1. The summed E-state index contributed by atoms with van der Waals surface area (Å²) < 4.78 is 0. The maximum absolute atomic E-state index is 4.88. The number of hydrogen-bond donors (Lipinski definition) is 0. The van der Waals surface area contributed by atoms with E-state index in [-0.39, 0.29) is 5.41 Å². The molecule has 0 saturated carbocycles. The normalized spacial score (nSPS) is 42.2. The smallest absolute Gasteiger partial charge is 0.0507 e. The zero-order valence-electron chi connectivity index (χ0n) is 12.4. The molecule has 0 fully saturated rings. The van der Waals surface area contributed by atoms with Crippen molar-refractivity contribution in [3.8, 4) is 0 Å². The molecule has 0 spiro atoms. The van der Waals surface area contributed by atoms with E-state index in [1.165, 1.54) is 57.1 Å². The molecular formula is C19H25N. The van der Waals surface area contributed by atoms with Gasteiger partial charge in [-0.15, -0.1) is 0 Å². The standard InChI is InChI=1S/C19H25N/c1-2-4-7-16-15-10-12-19(13-11-15,17(16)8-5-3-1)18-9-6-14-20-18/h7,10-13,15,17H,1-6,8-9,14H2/b16-7-. The fraction of sp³-hybridized carbons (Fsp3) is 0.632. The second-order valence-corrected chi connectivity index (χ2v) is 6.86. The minimum absolute atomic E-state index is 0.154. The zero-order valence-corrected chi connectivity index (χ0v) is 12.4. The first-order chi connectivity index (χ1) is 9.90. The van der Waals surface area contributed by atoms with E-state index in [4.69, 9.17) is 4.99 Å². The molecule has 1 nitrogen and oxygen atoms in total. The Morgan fingerprint density at radius 2 is 1.85 bits per heavy atom. The van der Waals surface area contributed by atoms with Crippen molar-refractivity contribution in [2.75, 3.05) is 6.54 Å². The first-order valence-corrected chi connectivity index (χ1v) is 8.53. The van der Waals surface area contributed by atoms with E-state index >= 15 is 0 Å². The largest absolute Gasteiger partial charge is 0.293 e. The fourth-order valence-corrected chi connectivity index (χ4v) is 4.69. The highest BCUT2D eigenvalue weighted by molar-refractivity contribution is 5.96. The van der Waals surface area contributed by atoms with E-state index in [1.807, 2.05) is 0 Å². The summed E-state index contributed by atoms with van der Waals surface area (Å²) in [5.74, 6) is 1.29. The SMILES string of the molecule is C1=CC2(C3=NCCC3)C=CC1/C1=C/CCCCCCC12. The van der Waals surface area contributed by atoms with Crippen molar-refractivity contribution in [1.29, 1.82) is 0 Å². The summed E-state index contributed by atoms with van der Waals surface area (Å²) in [6, 6.07) is 0. The Labute approximate surface area is 122 Å². The van der Waals surface area contributed by atoms with Gasteiger partial charge >= 0.3 is 0 Å². The van der Waals surface area contributed by atoms with E-state index in [0.29, 0.717) is 11.8 Å². The molecule has 0 radical (unpaired) electrons. The van der Waals surface area contributed by atoms with Crippen LogP contribution >= 0.6 is 0 Å². The molecule has 2 bridgehead atoms. The van der Waals surface area contributed by atoms with Gasteiger partial charge in [0.25, 0.3) is 0 Å². The third-order valence-corrected chi connectivity index (χ3v) is 5.72. The predicted octanol–water partition coefficient (Wildman–Crippen LogP) is 4.86. The van der Waals surface area contributed by atoms with Crippen LogP contribution in [0.5, 0.6) is 0 Å². The van der Waals surface area contributed by atoms with Gasteiger partial charge in [-0.1, -0.05) is 55.2 Å². The molecule has 1 heteroatoms. The van der Waals surface area contributed by atoms with Crippen molar-refractivity contribution >= 4 is 5.71 Å². The number of hydrogen-bond acceptors (Lipinski definition) is 1. The summed E-state index contributed by atoms with van der Waals surface area (Å²) in [5.41, 5.74) is 3.34. The number of allylic oxidation sites excluding steroid dienone is 6. The van der Waals surface area contributed by atoms with Crippen LogP contribution in [0.4, 0.5) is 0 Å². The van der Waals surface area contributed by atoms with Crippen LogP contribution in [0, 0.1) is 17.3 Å². The molecule has 0 aromatic heterocycles. The van der Waals surface area contributed by atoms with Crippen LogP contribution in [-0.2, 0) is 0 Å². The molecule has 0 N–H and O–H groups in total. The van der Waals surface area contributed by atoms with E-state index in [9.17, 15) is 0 Å². The van der Waals surface area contributed by atoms with Gasteiger partial charge in [-0.2, -0.15) is 0 Å². The summed E-state index contributed by atoms with van der Waals surface area (Å²) in [7, 11) is 0. The lowest BCUT2D eigenvalue weighted by Gasteiger charge is -2.47. The maximum atomic E-state index is 4.88. The second kappa shape index (κ2) is 5.02. The summed E-state index contributed by atoms with van der Waals surface area (Å²) >= 11 is 0. The van der Waals surface area contributed by atoms with Crippen molar-refractivity contribution in [1.82, 2.24) is 0 Å². The number of rotatable bonds is 1. The van der Waals surface area contributed by atoms with E-state index < -0.39 is 0 Å². The highest BCUT2D eigenvalue weighted by Crippen LogP contribution is 2.53. The molecule has 5 rings (SSSR count). The monoisotopic (exact) mass is 267 g/mol. The molecular weight excluding hydrogens is 242 g/mol. The summed E-state index contributed by atoms with van der Waals surface area (Å²) in [4.78, 5) is 4.88. The molecule has 0 aromatic rings. The molecule has 0 amide bonds. The third kappa shape index (κ3) is 1.86. The predicted molar refractivity (Wildman–Crippen MR) is 85.0 cm³/mol. The molecule has 1 aliphatic heterocycles. The molecule has 0 aromatic carbocycles. The van der Waals surface area contributed by atoms with Gasteiger partial charge in [0.15, 0.2) is 0 Å². The van der Waals surface area contributed by atoms with Gasteiger partial charge in [0.2, 0.25) is 0 Å². The van der Waals surface area contributed by atoms with Crippen LogP contribution in [0.25, 0.3) is 0 Å². The Kier molecular flexibility index (Phi) is 3.17. The van der Waals surface area contributed by atoms with E-state index in [1.54, 1.807) is 5.57 Å². The Morgan fingerprint density at radius 3 is 2.65 bits per heavy atom. The van der Waals surface area contributed by atoms with Crippen molar-refractivity contribution in [3.63, 3.8) is 0 Å².